The van der Waals surface area contributed by atoms with E-state index < -0.39 is 0 Å². The van der Waals surface area contributed by atoms with Gasteiger partial charge >= 0.3 is 0 Å². The zero-order chi connectivity index (χ0) is 13.1. The Bertz CT molecular complexity index is 558. The topological polar surface area (TPSA) is 25.2 Å². The summed E-state index contributed by atoms with van der Waals surface area (Å²) in [6.45, 7) is 5.95. The maximum Gasteiger partial charge on any atom is 0.242 e. The number of hydrogen-bond acceptors (Lipinski definition) is 1. The highest BCUT2D eigenvalue weighted by Crippen LogP contribution is 2.20. The van der Waals surface area contributed by atoms with Crippen LogP contribution in [0.1, 0.15) is 13.8 Å². The van der Waals surface area contributed by atoms with Crippen molar-refractivity contribution >= 4 is 32.7 Å². The van der Waals surface area contributed by atoms with E-state index in [-0.39, 0.29) is 5.91 Å². The zero-order valence-electron chi connectivity index (χ0n) is 10.7. The van der Waals surface area contributed by atoms with Gasteiger partial charge in [0.05, 0.1) is 0 Å². The lowest BCUT2D eigenvalue weighted by atomic mass is 10.2. The number of likely N-dealkylation sites (N-methyl/N-ethyl adjacent to an activating group) is 1. The summed E-state index contributed by atoms with van der Waals surface area (Å²) >= 11 is 3.45. The summed E-state index contributed by atoms with van der Waals surface area (Å²) in [5.41, 5.74) is 1.10. The molecule has 0 radical (unpaired) electrons. The minimum atomic E-state index is 0.167. The van der Waals surface area contributed by atoms with Crippen molar-refractivity contribution < 1.29 is 4.79 Å². The summed E-state index contributed by atoms with van der Waals surface area (Å²) in [4.78, 5) is 13.9. The molecular weight excluding hydrogens is 292 g/mol. The Morgan fingerprint density at radius 2 is 2.00 bits per heavy atom. The Morgan fingerprint density at radius 1 is 1.28 bits per heavy atom. The molecule has 4 heteroatoms. The van der Waals surface area contributed by atoms with Crippen LogP contribution in [0, 0.1) is 0 Å². The zero-order valence-corrected chi connectivity index (χ0v) is 12.3. The molecule has 0 atom stereocenters. The van der Waals surface area contributed by atoms with Gasteiger partial charge in [-0.15, -0.1) is 0 Å². The van der Waals surface area contributed by atoms with Gasteiger partial charge in [-0.05, 0) is 38.1 Å². The molecule has 0 saturated carbocycles. The van der Waals surface area contributed by atoms with Crippen molar-refractivity contribution in [2.75, 3.05) is 13.1 Å². The van der Waals surface area contributed by atoms with Gasteiger partial charge in [0.25, 0.3) is 0 Å². The van der Waals surface area contributed by atoms with Gasteiger partial charge < -0.3 is 9.47 Å². The van der Waals surface area contributed by atoms with Crippen molar-refractivity contribution in [3.8, 4) is 0 Å². The smallest absolute Gasteiger partial charge is 0.242 e. The van der Waals surface area contributed by atoms with Crippen LogP contribution in [-0.4, -0.2) is 28.5 Å². The summed E-state index contributed by atoms with van der Waals surface area (Å²) in [6.07, 6.45) is 1.97. The first-order valence-corrected chi connectivity index (χ1v) is 6.97. The Morgan fingerprint density at radius 3 is 2.67 bits per heavy atom. The molecule has 0 unspecified atom stereocenters. The van der Waals surface area contributed by atoms with Crippen LogP contribution in [0.2, 0.25) is 0 Å². The van der Waals surface area contributed by atoms with Crippen LogP contribution in [0.25, 0.3) is 10.9 Å². The van der Waals surface area contributed by atoms with Crippen LogP contribution < -0.4 is 0 Å². The first-order valence-electron chi connectivity index (χ1n) is 6.18. The van der Waals surface area contributed by atoms with E-state index in [0.29, 0.717) is 6.54 Å². The molecule has 0 N–H and O–H groups in total. The second-order valence-electron chi connectivity index (χ2n) is 4.21. The van der Waals surface area contributed by atoms with Crippen LogP contribution in [0.5, 0.6) is 0 Å². The van der Waals surface area contributed by atoms with E-state index in [1.54, 1.807) is 0 Å². The van der Waals surface area contributed by atoms with E-state index in [0.717, 1.165) is 28.5 Å². The maximum absolute atomic E-state index is 12.1. The molecule has 1 amide bonds. The number of fused-ring (bicyclic) bond motifs is 1. The monoisotopic (exact) mass is 308 g/mol. The minimum absolute atomic E-state index is 0.167. The van der Waals surface area contributed by atoms with Gasteiger partial charge in [-0.3, -0.25) is 4.79 Å². The third-order valence-corrected chi connectivity index (χ3v) is 3.65. The highest BCUT2D eigenvalue weighted by atomic mass is 79.9. The summed E-state index contributed by atoms with van der Waals surface area (Å²) in [7, 11) is 0. The molecule has 0 aliphatic carbocycles. The number of halogens is 1. The van der Waals surface area contributed by atoms with Gasteiger partial charge in [-0.1, -0.05) is 15.9 Å². The van der Waals surface area contributed by atoms with Crippen molar-refractivity contribution in [2.45, 2.75) is 20.4 Å². The summed E-state index contributed by atoms with van der Waals surface area (Å²) in [5, 5.41) is 1.15. The molecule has 0 bridgehead atoms. The van der Waals surface area contributed by atoms with E-state index in [2.05, 4.69) is 22.0 Å². The first kappa shape index (κ1) is 13.1. The second kappa shape index (κ2) is 5.57. The van der Waals surface area contributed by atoms with Gasteiger partial charge in [0, 0.05) is 34.7 Å². The van der Waals surface area contributed by atoms with Gasteiger partial charge in [0.2, 0.25) is 5.91 Å². The number of carbonyl (C=O) groups excluding carboxylic acids is 1. The van der Waals surface area contributed by atoms with Crippen molar-refractivity contribution in [3.05, 3.63) is 34.9 Å². The average molecular weight is 309 g/mol. The van der Waals surface area contributed by atoms with Crippen molar-refractivity contribution in [1.82, 2.24) is 9.47 Å². The fraction of sp³-hybridized carbons (Fsp3) is 0.357. The molecule has 0 aliphatic rings. The number of rotatable bonds is 4. The number of benzene rings is 1. The van der Waals surface area contributed by atoms with Crippen LogP contribution >= 0.6 is 15.9 Å². The van der Waals surface area contributed by atoms with E-state index >= 15 is 0 Å². The SMILES string of the molecule is CCN(CC)C(=O)Cn1ccc2cc(Br)ccc21. The van der Waals surface area contributed by atoms with Crippen LogP contribution in [-0.2, 0) is 11.3 Å². The molecule has 1 heterocycles. The average Bonchev–Trinajstić information content (AvgIpc) is 2.73. The molecular formula is C14H17BrN2O. The highest BCUT2D eigenvalue weighted by Gasteiger charge is 2.11. The van der Waals surface area contributed by atoms with Gasteiger partial charge in [0.1, 0.15) is 6.54 Å². The van der Waals surface area contributed by atoms with E-state index in [9.17, 15) is 4.79 Å². The lowest BCUT2D eigenvalue weighted by Gasteiger charge is -2.19. The Hall–Kier alpha value is -1.29. The lowest BCUT2D eigenvalue weighted by molar-refractivity contribution is -0.131. The van der Waals surface area contributed by atoms with Crippen molar-refractivity contribution in [1.29, 1.82) is 0 Å². The Labute approximate surface area is 116 Å². The highest BCUT2D eigenvalue weighted by molar-refractivity contribution is 9.10. The summed E-state index contributed by atoms with van der Waals surface area (Å²) < 4.78 is 3.06. The predicted molar refractivity (Wildman–Crippen MR) is 77.6 cm³/mol. The fourth-order valence-corrected chi connectivity index (χ4v) is 2.51. The molecule has 0 saturated heterocycles. The van der Waals surface area contributed by atoms with E-state index in [1.165, 1.54) is 0 Å². The minimum Gasteiger partial charge on any atom is -0.342 e. The fourth-order valence-electron chi connectivity index (χ4n) is 2.13. The normalized spacial score (nSPS) is 10.8. The van der Waals surface area contributed by atoms with Crippen LogP contribution in [0.3, 0.4) is 0 Å². The van der Waals surface area contributed by atoms with Crippen molar-refractivity contribution in [2.24, 2.45) is 0 Å². The molecule has 1 aromatic heterocycles. The van der Waals surface area contributed by atoms with Crippen molar-refractivity contribution in [3.63, 3.8) is 0 Å². The molecule has 96 valence electrons. The second-order valence-corrected chi connectivity index (χ2v) is 5.13. The largest absolute Gasteiger partial charge is 0.342 e. The molecule has 2 aromatic rings. The van der Waals surface area contributed by atoms with E-state index in [1.807, 2.05) is 47.7 Å². The predicted octanol–water partition coefficient (Wildman–Crippen LogP) is 3.27. The van der Waals surface area contributed by atoms with Crippen LogP contribution in [0.15, 0.2) is 34.9 Å². The molecule has 0 spiro atoms. The number of carbonyl (C=O) groups is 1. The third-order valence-electron chi connectivity index (χ3n) is 3.15. The number of hydrogen-bond donors (Lipinski definition) is 0. The molecule has 18 heavy (non-hydrogen) atoms. The summed E-state index contributed by atoms with van der Waals surface area (Å²) in [5.74, 6) is 0.167. The number of aromatic nitrogens is 1. The van der Waals surface area contributed by atoms with Gasteiger partial charge in [-0.2, -0.15) is 0 Å². The molecule has 2 rings (SSSR count). The van der Waals surface area contributed by atoms with E-state index in [4.69, 9.17) is 0 Å². The number of nitrogens with zero attached hydrogens (tertiary/aromatic N) is 2. The third kappa shape index (κ3) is 2.58. The molecule has 0 aliphatic heterocycles. The molecule has 1 aromatic carbocycles. The summed E-state index contributed by atoms with van der Waals surface area (Å²) in [6, 6.07) is 8.14. The van der Waals surface area contributed by atoms with Gasteiger partial charge in [-0.25, -0.2) is 0 Å². The Balaban J connectivity index is 2.24. The van der Waals surface area contributed by atoms with Crippen LogP contribution in [0.4, 0.5) is 0 Å². The first-order chi connectivity index (χ1) is 8.65. The Kier molecular flexibility index (Phi) is 4.07. The quantitative estimate of drug-likeness (QED) is 0.851. The molecule has 0 fully saturated rings. The standard InChI is InChI=1S/C14H17BrN2O/c1-3-16(4-2)14(18)10-17-8-7-11-9-12(15)5-6-13(11)17/h5-9H,3-4,10H2,1-2H3. The van der Waals surface area contributed by atoms with Gasteiger partial charge in [0.15, 0.2) is 0 Å². The maximum atomic E-state index is 12.1. The molecule has 3 nitrogen and oxygen atoms in total. The lowest BCUT2D eigenvalue weighted by Crippen LogP contribution is -2.33. The number of amides is 1.